The molecular weight excluding hydrogens is 376 g/mol. The third kappa shape index (κ3) is 2.20. The predicted octanol–water partition coefficient (Wildman–Crippen LogP) is 3.79. The number of ether oxygens (including phenoxy) is 1. The molecule has 0 unspecified atom stereocenters. The van der Waals surface area contributed by atoms with Gasteiger partial charge in [-0.05, 0) is 35.7 Å². The van der Waals surface area contributed by atoms with E-state index in [2.05, 4.69) is 11.1 Å². The van der Waals surface area contributed by atoms with Crippen molar-refractivity contribution >= 4 is 34.4 Å². The fourth-order valence-electron chi connectivity index (χ4n) is 4.95. The fraction of sp³-hybridized carbons (Fsp3) is 0.273. The van der Waals surface area contributed by atoms with Gasteiger partial charge in [-0.1, -0.05) is 41.9 Å². The highest BCUT2D eigenvalue weighted by Crippen LogP contribution is 2.52. The van der Waals surface area contributed by atoms with Crippen LogP contribution >= 0.6 is 11.6 Å². The Balaban J connectivity index is 1.84. The van der Waals surface area contributed by atoms with E-state index >= 15 is 0 Å². The van der Waals surface area contributed by atoms with E-state index in [0.29, 0.717) is 24.3 Å². The number of amides is 1. The first-order valence-electron chi connectivity index (χ1n) is 9.32. The van der Waals surface area contributed by atoms with E-state index in [9.17, 15) is 9.59 Å². The third-order valence-electron chi connectivity index (χ3n) is 6.11. The van der Waals surface area contributed by atoms with Gasteiger partial charge in [-0.2, -0.15) is 0 Å². The van der Waals surface area contributed by atoms with Crippen molar-refractivity contribution in [2.45, 2.75) is 30.8 Å². The van der Waals surface area contributed by atoms with Crippen molar-refractivity contribution in [2.24, 2.45) is 0 Å². The number of aromatic nitrogens is 1. The maximum atomic E-state index is 13.0. The summed E-state index contributed by atoms with van der Waals surface area (Å²) in [4.78, 5) is 31.0. The Morgan fingerprint density at radius 1 is 1.21 bits per heavy atom. The average Bonchev–Trinajstić information content (AvgIpc) is 3.26. The molecule has 1 aromatic heterocycles. The molecule has 2 aliphatic heterocycles. The Morgan fingerprint density at radius 2 is 1.96 bits per heavy atom. The molecule has 0 saturated carbocycles. The largest absolute Gasteiger partial charge is 0.467 e. The van der Waals surface area contributed by atoms with Gasteiger partial charge < -0.3 is 14.6 Å². The lowest BCUT2D eigenvalue weighted by atomic mass is 9.77. The lowest BCUT2D eigenvalue weighted by Crippen LogP contribution is -2.57. The molecule has 0 aliphatic carbocycles. The number of fused-ring (bicyclic) bond motifs is 5. The molecule has 1 N–H and O–H groups in total. The summed E-state index contributed by atoms with van der Waals surface area (Å²) in [6, 6.07) is 15.0. The van der Waals surface area contributed by atoms with Crippen LogP contribution in [0, 0.1) is 0 Å². The molecule has 1 amide bonds. The summed E-state index contributed by atoms with van der Waals surface area (Å²) in [5.74, 6) is -0.417. The van der Waals surface area contributed by atoms with Crippen LogP contribution in [0.4, 0.5) is 0 Å². The summed E-state index contributed by atoms with van der Waals surface area (Å²) in [6.07, 6.45) is 1.42. The van der Waals surface area contributed by atoms with Gasteiger partial charge >= 0.3 is 5.97 Å². The van der Waals surface area contributed by atoms with Gasteiger partial charge in [0, 0.05) is 28.8 Å². The standard InChI is InChI=1S/C22H19ClN2O3/c1-28-21(27)18-12-16-15-4-2-3-5-17(15)24-20(16)22(11-10-19(26)25(18)22)13-6-8-14(23)9-7-13/h2-9,18,24H,10-12H2,1H3/t18-,22+/m0/s1. The summed E-state index contributed by atoms with van der Waals surface area (Å²) in [6.45, 7) is 0. The number of esters is 1. The minimum Gasteiger partial charge on any atom is -0.467 e. The quantitative estimate of drug-likeness (QED) is 0.673. The van der Waals surface area contributed by atoms with Crippen LogP contribution in [0.15, 0.2) is 48.5 Å². The van der Waals surface area contributed by atoms with E-state index in [-0.39, 0.29) is 11.9 Å². The Bertz CT molecular complexity index is 1100. The van der Waals surface area contributed by atoms with Gasteiger partial charge in [-0.3, -0.25) is 4.79 Å². The highest BCUT2D eigenvalue weighted by atomic mass is 35.5. The number of nitrogens with one attached hydrogen (secondary N) is 1. The van der Waals surface area contributed by atoms with Gasteiger partial charge in [0.25, 0.3) is 0 Å². The molecule has 1 fully saturated rings. The number of nitrogens with zero attached hydrogens (tertiary/aromatic N) is 1. The number of hydrogen-bond donors (Lipinski definition) is 1. The van der Waals surface area contributed by atoms with Crippen LogP contribution in [0.3, 0.4) is 0 Å². The Morgan fingerprint density at radius 3 is 2.71 bits per heavy atom. The Labute approximate surface area is 167 Å². The number of methoxy groups -OCH3 is 1. The number of para-hydroxylation sites is 1. The van der Waals surface area contributed by atoms with Crippen LogP contribution in [0.5, 0.6) is 0 Å². The molecule has 5 nitrogen and oxygen atoms in total. The normalized spacial score (nSPS) is 23.6. The SMILES string of the molecule is COC(=O)[C@@H]1Cc2c([nH]c3ccccc23)[C@]2(c3ccc(Cl)cc3)CCC(=O)N12. The number of halogens is 1. The molecule has 142 valence electrons. The van der Waals surface area contributed by atoms with Gasteiger partial charge in [0.2, 0.25) is 5.91 Å². The Hall–Kier alpha value is -2.79. The zero-order valence-electron chi connectivity index (χ0n) is 15.4. The lowest BCUT2D eigenvalue weighted by Gasteiger charge is -2.46. The van der Waals surface area contributed by atoms with Gasteiger partial charge in [-0.25, -0.2) is 4.79 Å². The molecule has 0 bridgehead atoms. The number of carbonyl (C=O) groups is 2. The lowest BCUT2D eigenvalue weighted by molar-refractivity contribution is -0.155. The maximum Gasteiger partial charge on any atom is 0.328 e. The zero-order chi connectivity index (χ0) is 19.5. The van der Waals surface area contributed by atoms with Gasteiger partial charge in [0.1, 0.15) is 11.6 Å². The van der Waals surface area contributed by atoms with Crippen molar-refractivity contribution in [1.82, 2.24) is 9.88 Å². The molecule has 2 atom stereocenters. The van der Waals surface area contributed by atoms with E-state index < -0.39 is 11.6 Å². The molecule has 3 aromatic rings. The van der Waals surface area contributed by atoms with E-state index in [0.717, 1.165) is 27.7 Å². The summed E-state index contributed by atoms with van der Waals surface area (Å²) in [5, 5.41) is 1.71. The maximum absolute atomic E-state index is 13.0. The molecule has 2 aliphatic rings. The second-order valence-electron chi connectivity index (χ2n) is 7.40. The number of H-pyrrole nitrogens is 1. The fourth-order valence-corrected chi connectivity index (χ4v) is 5.08. The van der Waals surface area contributed by atoms with Crippen molar-refractivity contribution in [3.63, 3.8) is 0 Å². The molecular formula is C22H19ClN2O3. The number of benzene rings is 2. The third-order valence-corrected chi connectivity index (χ3v) is 6.36. The molecule has 3 heterocycles. The first-order chi connectivity index (χ1) is 13.6. The van der Waals surface area contributed by atoms with E-state index in [1.807, 2.05) is 42.5 Å². The topological polar surface area (TPSA) is 62.4 Å². The minimum absolute atomic E-state index is 0.0327. The van der Waals surface area contributed by atoms with E-state index in [4.69, 9.17) is 16.3 Å². The molecule has 0 spiro atoms. The smallest absolute Gasteiger partial charge is 0.328 e. The van der Waals surface area contributed by atoms with E-state index in [1.165, 1.54) is 7.11 Å². The highest BCUT2D eigenvalue weighted by molar-refractivity contribution is 6.30. The number of aromatic amines is 1. The number of carbonyl (C=O) groups excluding carboxylic acids is 2. The molecule has 0 radical (unpaired) electrons. The molecule has 2 aromatic carbocycles. The highest BCUT2D eigenvalue weighted by Gasteiger charge is 2.57. The van der Waals surface area contributed by atoms with Gasteiger partial charge in [0.15, 0.2) is 0 Å². The summed E-state index contributed by atoms with van der Waals surface area (Å²) in [5.41, 5.74) is 3.29. The number of rotatable bonds is 2. The second-order valence-corrected chi connectivity index (χ2v) is 7.83. The summed E-state index contributed by atoms with van der Waals surface area (Å²) < 4.78 is 5.09. The zero-order valence-corrected chi connectivity index (χ0v) is 16.1. The number of hydrogen-bond acceptors (Lipinski definition) is 3. The van der Waals surface area contributed by atoms with Crippen LogP contribution in [-0.4, -0.2) is 34.9 Å². The van der Waals surface area contributed by atoms with Crippen molar-refractivity contribution in [1.29, 1.82) is 0 Å². The minimum atomic E-state index is -0.729. The molecule has 1 saturated heterocycles. The Kier molecular flexibility index (Phi) is 3.78. The van der Waals surface area contributed by atoms with Crippen LogP contribution in [-0.2, 0) is 26.3 Å². The van der Waals surface area contributed by atoms with Crippen LogP contribution < -0.4 is 0 Å². The van der Waals surface area contributed by atoms with Crippen molar-refractivity contribution in [3.8, 4) is 0 Å². The monoisotopic (exact) mass is 394 g/mol. The van der Waals surface area contributed by atoms with Gasteiger partial charge in [0.05, 0.1) is 12.8 Å². The van der Waals surface area contributed by atoms with Gasteiger partial charge in [-0.15, -0.1) is 0 Å². The van der Waals surface area contributed by atoms with Crippen molar-refractivity contribution in [3.05, 3.63) is 70.4 Å². The molecule has 6 heteroatoms. The van der Waals surface area contributed by atoms with Crippen LogP contribution in [0.1, 0.15) is 29.7 Å². The van der Waals surface area contributed by atoms with Crippen molar-refractivity contribution < 1.29 is 14.3 Å². The average molecular weight is 395 g/mol. The summed E-state index contributed by atoms with van der Waals surface area (Å²) >= 11 is 6.12. The second kappa shape index (κ2) is 6.11. The van der Waals surface area contributed by atoms with Crippen LogP contribution in [0.2, 0.25) is 5.02 Å². The first-order valence-corrected chi connectivity index (χ1v) is 9.70. The molecule has 28 heavy (non-hydrogen) atoms. The molecule has 5 rings (SSSR count). The summed E-state index contributed by atoms with van der Waals surface area (Å²) in [7, 11) is 1.37. The van der Waals surface area contributed by atoms with Crippen molar-refractivity contribution in [2.75, 3.05) is 7.11 Å². The predicted molar refractivity (Wildman–Crippen MR) is 106 cm³/mol. The van der Waals surface area contributed by atoms with E-state index in [1.54, 1.807) is 4.90 Å². The van der Waals surface area contributed by atoms with Crippen LogP contribution in [0.25, 0.3) is 10.9 Å². The first kappa shape index (κ1) is 17.3.